The smallest absolute Gasteiger partial charge is 0.744 e. The molecule has 0 atom stereocenters. The fourth-order valence-electron chi connectivity index (χ4n) is 10.4. The Morgan fingerprint density at radius 3 is 1.20 bits per heavy atom. The molecule has 0 heterocycles. The van der Waals surface area contributed by atoms with Crippen LogP contribution in [0.15, 0.2) is 150 Å². The van der Waals surface area contributed by atoms with Crippen LogP contribution in [0.4, 0.5) is 39.8 Å². The summed E-state index contributed by atoms with van der Waals surface area (Å²) in [5, 5.41) is 51.7. The van der Waals surface area contributed by atoms with Crippen molar-refractivity contribution in [3.8, 4) is 28.7 Å². The number of benzene rings is 9. The number of nitrogens with two attached hydrogens (primary N) is 5. The van der Waals surface area contributed by atoms with Gasteiger partial charge in [0.15, 0.2) is 34.7 Å². The van der Waals surface area contributed by atoms with Gasteiger partial charge in [0.1, 0.15) is 38.9 Å². The molecule has 9 aromatic carbocycles. The summed E-state index contributed by atoms with van der Waals surface area (Å²) in [6, 6.07) is 35.7. The molecule has 0 saturated heterocycles. The van der Waals surface area contributed by atoms with E-state index in [1.807, 2.05) is 0 Å². The second-order valence-electron chi connectivity index (χ2n) is 19.7. The van der Waals surface area contributed by atoms with Crippen molar-refractivity contribution < 1.29 is 106 Å². The molecule has 4 aliphatic rings. The van der Waals surface area contributed by atoms with Gasteiger partial charge >= 0.3 is 29.6 Å². The number of phenolic OH excluding ortho intramolecular Hbond substituents is 5. The number of hydrogen-bond donors (Lipinski definition) is 11. The molecule has 0 spiro atoms. The fraction of sp³-hybridized carbons (Fsp3) is 0.0159. The Morgan fingerprint density at radius 2 is 0.736 bits per heavy atom. The molecule has 22 nitrogen and oxygen atoms in total. The topological polar surface area (TPSA) is 437 Å². The zero-order valence-corrected chi connectivity index (χ0v) is 48.2. The van der Waals surface area contributed by atoms with Crippen LogP contribution in [0.3, 0.4) is 0 Å². The van der Waals surface area contributed by atoms with E-state index in [0.717, 1.165) is 18.2 Å². The summed E-state index contributed by atoms with van der Waals surface area (Å²) >= 11 is 0. The van der Waals surface area contributed by atoms with Crippen LogP contribution in [0.5, 0.6) is 28.7 Å². The maximum absolute atomic E-state index is 13.1. The van der Waals surface area contributed by atoms with E-state index in [-0.39, 0.29) is 170 Å². The van der Waals surface area contributed by atoms with E-state index in [1.54, 1.807) is 85.8 Å². The molecule has 87 heavy (non-hydrogen) atoms. The molecule has 0 amide bonds. The number of anilines is 7. The summed E-state index contributed by atoms with van der Waals surface area (Å²) in [5.41, 5.74) is 30.6. The molecule has 0 unspecified atom stereocenters. The van der Waals surface area contributed by atoms with Gasteiger partial charge in [0.2, 0.25) is 11.6 Å². The molecule has 9 aromatic rings. The van der Waals surface area contributed by atoms with E-state index in [0.29, 0.717) is 22.4 Å². The molecule has 0 saturated carbocycles. The van der Waals surface area contributed by atoms with E-state index in [2.05, 4.69) is 5.32 Å². The van der Waals surface area contributed by atoms with Gasteiger partial charge in [-0.05, 0) is 85.3 Å². The zero-order valence-electron chi connectivity index (χ0n) is 45.4. The molecule has 0 aliphatic heterocycles. The number of rotatable bonds is 3. The van der Waals surface area contributed by atoms with Gasteiger partial charge in [0.05, 0.1) is 71.9 Å². The summed E-state index contributed by atoms with van der Waals surface area (Å²) in [6.45, 7) is 1.69. The van der Waals surface area contributed by atoms with Crippen molar-refractivity contribution in [3.05, 3.63) is 240 Å². The molecule has 0 fully saturated rings. The first-order chi connectivity index (χ1) is 40.7. The summed E-state index contributed by atoms with van der Waals surface area (Å²) in [7, 11) is -4.98. The van der Waals surface area contributed by atoms with Crippen molar-refractivity contribution in [1.29, 1.82) is 0 Å². The Bertz CT molecular complexity index is 4470. The van der Waals surface area contributed by atoms with Crippen LogP contribution >= 0.6 is 0 Å². The second-order valence-corrected chi connectivity index (χ2v) is 21.0. The van der Waals surface area contributed by atoms with E-state index in [9.17, 15) is 76.9 Å². The SMILES string of the molecule is Cc1cc(O)c2c(c1)C(=O)c1cc(O)cc(O)c1C2=O.Nc1c(S(=O)(=O)[O-])cc(Nc2ccccc2)c2c1C(=O)c1ccccc1C2=O.Nc1ccc(N)c2c1C(=O)c1ccccc1C2=O.Nc1ccc(O)c2c1C(=O)c1c(N)ccc(O)c1C2=O.[Na+]. The van der Waals surface area contributed by atoms with E-state index < -0.39 is 61.1 Å². The first kappa shape index (κ1) is 60.6. The average Bonchev–Trinajstić information content (AvgIpc) is 1.57. The number of fused-ring (bicyclic) bond motifs is 8. The molecule has 0 bridgehead atoms. The predicted molar refractivity (Wildman–Crippen MR) is 312 cm³/mol. The van der Waals surface area contributed by atoms with E-state index in [1.165, 1.54) is 48.5 Å². The minimum Gasteiger partial charge on any atom is -0.744 e. The number of aryl methyl sites for hydroxylation is 1. The number of para-hydroxylation sites is 1. The zero-order chi connectivity index (χ0) is 62.1. The Hall–Kier alpha value is -11.0. The maximum atomic E-state index is 13.1. The van der Waals surface area contributed by atoms with Crippen LogP contribution in [-0.4, -0.2) is 84.8 Å². The van der Waals surface area contributed by atoms with E-state index in [4.69, 9.17) is 28.7 Å². The predicted octanol–water partition coefficient (Wildman–Crippen LogP) is 4.25. The van der Waals surface area contributed by atoms with Crippen LogP contribution < -0.4 is 63.5 Å². The number of nitrogens with one attached hydrogen (secondary N) is 1. The van der Waals surface area contributed by atoms with Gasteiger partial charge in [0, 0.05) is 67.9 Å². The van der Waals surface area contributed by atoms with Crippen molar-refractivity contribution in [3.63, 3.8) is 0 Å². The third-order valence-corrected chi connectivity index (χ3v) is 15.2. The normalized spacial score (nSPS) is 12.9. The molecule has 16 N–H and O–H groups in total. The number of nitrogen functional groups attached to an aromatic ring is 5. The monoisotopic (exact) mass is 1190 g/mol. The van der Waals surface area contributed by atoms with Crippen LogP contribution in [0.1, 0.15) is 133 Å². The molecule has 4 aliphatic carbocycles. The van der Waals surface area contributed by atoms with Gasteiger partial charge in [0.25, 0.3) is 0 Å². The minimum absolute atomic E-state index is 0. The Morgan fingerprint density at radius 1 is 0.368 bits per heavy atom. The van der Waals surface area contributed by atoms with Crippen LogP contribution in [0, 0.1) is 6.92 Å². The van der Waals surface area contributed by atoms with Gasteiger partial charge < -0.3 is 64.1 Å². The summed E-state index contributed by atoms with van der Waals surface area (Å²) in [4.78, 5) is 99.7. The van der Waals surface area contributed by atoms with Gasteiger partial charge in [-0.3, -0.25) is 38.4 Å². The Labute approximate surface area is 514 Å². The quantitative estimate of drug-likeness (QED) is 0.0510. The molecule has 428 valence electrons. The first-order valence-corrected chi connectivity index (χ1v) is 26.7. The number of carbonyl (C=O) groups is 8. The number of ketones is 8. The Balaban J connectivity index is 0.000000140. The number of carbonyl (C=O) groups excluding carboxylic acids is 8. The van der Waals surface area contributed by atoms with Gasteiger partial charge in [-0.2, -0.15) is 0 Å². The van der Waals surface area contributed by atoms with Crippen LogP contribution in [0.25, 0.3) is 0 Å². The summed E-state index contributed by atoms with van der Waals surface area (Å²) in [6.07, 6.45) is 0. The molecule has 13 rings (SSSR count). The molecule has 0 aromatic heterocycles. The maximum Gasteiger partial charge on any atom is 1.00 e. The third kappa shape index (κ3) is 10.4. The number of hydrogen-bond acceptors (Lipinski definition) is 22. The van der Waals surface area contributed by atoms with Crippen LogP contribution in [0.2, 0.25) is 0 Å². The average molecular weight is 1200 g/mol. The summed E-state index contributed by atoms with van der Waals surface area (Å²) in [5.74, 6) is -5.79. The van der Waals surface area contributed by atoms with Crippen molar-refractivity contribution in [2.45, 2.75) is 11.8 Å². The van der Waals surface area contributed by atoms with Crippen molar-refractivity contribution >= 4 is 96.2 Å². The van der Waals surface area contributed by atoms with Gasteiger partial charge in [-0.15, -0.1) is 0 Å². The van der Waals surface area contributed by atoms with Crippen molar-refractivity contribution in [2.75, 3.05) is 34.0 Å². The van der Waals surface area contributed by atoms with E-state index >= 15 is 0 Å². The van der Waals surface area contributed by atoms with Crippen molar-refractivity contribution in [1.82, 2.24) is 0 Å². The minimum atomic E-state index is -4.98. The first-order valence-electron chi connectivity index (χ1n) is 25.3. The molecule has 24 heteroatoms. The van der Waals surface area contributed by atoms with Crippen molar-refractivity contribution in [2.24, 2.45) is 0 Å². The van der Waals surface area contributed by atoms with Gasteiger partial charge in [-0.1, -0.05) is 66.7 Å². The second kappa shape index (κ2) is 22.9. The Kier molecular flexibility index (Phi) is 16.0. The standard InChI is InChI=1S/C20H14N2O5S.C15H10O5.C14H10N2O4.C14H10N2O2.Na/c21-18-15(28(25,26)27)10-14(22-11-6-2-1-3-7-11)16-17(18)20(24)13-9-5-4-8-12(13)19(16)23;1-6-2-8-12(10(17)3-6)15(20)13-9(14(8)19)4-7(16)5-11(13)18;15-5-1-3-7(17)11-9(5)13(19)10-6(16)2-4-8(18)12(10)14(11)20;15-9-5-6-10(16)12-11(9)13(17)7-3-1-2-4-8(7)14(12)18;/h1-10,22H,21H2,(H,25,26,27);2-5,16-18H,1H3;1-4,17-18H,15-16H2;1-6H,15-16H2;/q;;;;+1/p-1. The molecular weight excluding hydrogens is 1150 g/mol. The fourth-order valence-corrected chi connectivity index (χ4v) is 11.1. The van der Waals surface area contributed by atoms with Crippen LogP contribution in [-0.2, 0) is 10.1 Å². The number of aromatic hydroxyl groups is 5. The molecular formula is C63H43N6NaO16S. The summed E-state index contributed by atoms with van der Waals surface area (Å²) < 4.78 is 35.2. The largest absolute Gasteiger partial charge is 1.00 e. The van der Waals surface area contributed by atoms with Gasteiger partial charge in [-0.25, -0.2) is 8.42 Å². The molecule has 0 radical (unpaired) electrons. The third-order valence-electron chi connectivity index (χ3n) is 14.3. The number of phenols is 5.